The van der Waals surface area contributed by atoms with Crippen molar-refractivity contribution in [1.29, 1.82) is 0 Å². The van der Waals surface area contributed by atoms with Crippen LogP contribution in [0.15, 0.2) is 48.8 Å². The fourth-order valence-corrected chi connectivity index (χ4v) is 3.49. The van der Waals surface area contributed by atoms with Crippen LogP contribution >= 0.6 is 0 Å². The fraction of sp³-hybridized carbons (Fsp3) is 0.150. The lowest BCUT2D eigenvalue weighted by Crippen LogP contribution is -2.23. The molecule has 0 unspecified atom stereocenters. The summed E-state index contributed by atoms with van der Waals surface area (Å²) in [6, 6.07) is 12.2. The number of nitrogens with zero attached hydrogens (tertiary/aromatic N) is 1. The van der Waals surface area contributed by atoms with E-state index in [-0.39, 0.29) is 6.79 Å². The van der Waals surface area contributed by atoms with Crippen molar-refractivity contribution in [2.24, 2.45) is 0 Å². The minimum Gasteiger partial charge on any atom is -0.493 e. The molecule has 5 nitrogen and oxygen atoms in total. The topological polar surface area (TPSA) is 41.0 Å². The molecule has 0 radical (unpaired) electrons. The van der Waals surface area contributed by atoms with Crippen molar-refractivity contribution in [3.63, 3.8) is 0 Å². The molecule has 124 valence electrons. The van der Waals surface area contributed by atoms with Crippen molar-refractivity contribution in [1.82, 2.24) is 0 Å². The quantitative estimate of drug-likeness (QED) is 0.320. The van der Waals surface area contributed by atoms with Crippen molar-refractivity contribution in [3.8, 4) is 23.0 Å². The van der Waals surface area contributed by atoms with Crippen molar-refractivity contribution in [2.45, 2.75) is 0 Å². The van der Waals surface area contributed by atoms with E-state index in [1.54, 1.807) is 14.2 Å². The number of hydrogen-bond donors (Lipinski definition) is 0. The van der Waals surface area contributed by atoms with Crippen LogP contribution in [0.2, 0.25) is 0 Å². The Kier molecular flexibility index (Phi) is 2.91. The molecule has 1 aliphatic heterocycles. The number of hydrogen-bond acceptors (Lipinski definition) is 4. The molecule has 0 fully saturated rings. The molecule has 1 aliphatic rings. The number of ether oxygens (including phenoxy) is 4. The van der Waals surface area contributed by atoms with E-state index < -0.39 is 0 Å². The Hall–Kier alpha value is -3.21. The van der Waals surface area contributed by atoms with Crippen LogP contribution in [0.3, 0.4) is 0 Å². The molecule has 3 heterocycles. The lowest BCUT2D eigenvalue weighted by Gasteiger charge is -2.17. The van der Waals surface area contributed by atoms with Gasteiger partial charge in [0.15, 0.2) is 23.4 Å². The zero-order chi connectivity index (χ0) is 17.0. The predicted molar refractivity (Wildman–Crippen MR) is 93.8 cm³/mol. The summed E-state index contributed by atoms with van der Waals surface area (Å²) in [5.41, 5.74) is 1.08. The van der Waals surface area contributed by atoms with Gasteiger partial charge in [0.1, 0.15) is 5.75 Å². The van der Waals surface area contributed by atoms with Crippen LogP contribution in [0.4, 0.5) is 0 Å². The van der Waals surface area contributed by atoms with Gasteiger partial charge < -0.3 is 18.9 Å². The molecule has 0 bridgehead atoms. The first-order valence-electron chi connectivity index (χ1n) is 8.00. The van der Waals surface area contributed by atoms with Gasteiger partial charge >= 0.3 is 0 Å². The second-order valence-corrected chi connectivity index (χ2v) is 5.98. The third-order valence-corrected chi connectivity index (χ3v) is 4.67. The van der Waals surface area contributed by atoms with Crippen LogP contribution in [-0.4, -0.2) is 21.0 Å². The van der Waals surface area contributed by atoms with Crippen LogP contribution in [-0.2, 0) is 0 Å². The predicted octanol–water partition coefficient (Wildman–Crippen LogP) is 3.48. The van der Waals surface area contributed by atoms with E-state index in [1.807, 2.05) is 30.5 Å². The van der Waals surface area contributed by atoms with Gasteiger partial charge in [0.25, 0.3) is 0 Å². The molecular formula is C20H16NO4+. The third kappa shape index (κ3) is 1.99. The SMILES string of the molecule is COc1cc2cc3c4cccc5c4c(c[n+]3cc2cc1OC)OCO5. The molecule has 0 saturated heterocycles. The first-order chi connectivity index (χ1) is 12.3. The summed E-state index contributed by atoms with van der Waals surface area (Å²) in [4.78, 5) is 0. The lowest BCUT2D eigenvalue weighted by atomic mass is 10.1. The molecule has 4 aromatic rings. The molecule has 5 heteroatoms. The van der Waals surface area contributed by atoms with Gasteiger partial charge in [-0.05, 0) is 29.7 Å². The smallest absolute Gasteiger partial charge is 0.231 e. The van der Waals surface area contributed by atoms with Crippen LogP contribution < -0.4 is 23.3 Å². The van der Waals surface area contributed by atoms with Gasteiger partial charge in [0.2, 0.25) is 18.5 Å². The van der Waals surface area contributed by atoms with E-state index in [4.69, 9.17) is 18.9 Å². The van der Waals surface area contributed by atoms with Crippen molar-refractivity contribution in [3.05, 3.63) is 48.8 Å². The highest BCUT2D eigenvalue weighted by atomic mass is 16.7. The molecule has 0 amide bonds. The standard InChI is InChI=1S/C20H16NO4/c1-22-17-7-12-6-15-14-4-3-5-16-20(14)19(25-11-24-16)10-21(15)9-13(12)8-18(17)23-2/h3-10H,11H2,1-2H3/q+1. The zero-order valence-corrected chi connectivity index (χ0v) is 13.9. The highest BCUT2D eigenvalue weighted by Gasteiger charge is 2.22. The van der Waals surface area contributed by atoms with Crippen molar-refractivity contribution in [2.75, 3.05) is 21.0 Å². The molecule has 0 saturated carbocycles. The monoisotopic (exact) mass is 334 g/mol. The van der Waals surface area contributed by atoms with Gasteiger partial charge in [-0.15, -0.1) is 0 Å². The molecule has 5 rings (SSSR count). The summed E-state index contributed by atoms with van der Waals surface area (Å²) < 4.78 is 24.3. The van der Waals surface area contributed by atoms with Gasteiger partial charge in [0.05, 0.1) is 30.4 Å². The molecule has 0 spiro atoms. The van der Waals surface area contributed by atoms with E-state index in [0.717, 1.165) is 38.6 Å². The summed E-state index contributed by atoms with van der Waals surface area (Å²) in [7, 11) is 3.29. The van der Waals surface area contributed by atoms with Crippen LogP contribution in [0.1, 0.15) is 0 Å². The number of fused-ring (bicyclic) bond motifs is 3. The van der Waals surface area contributed by atoms with Crippen LogP contribution in [0.25, 0.3) is 27.1 Å². The fourth-order valence-electron chi connectivity index (χ4n) is 3.49. The van der Waals surface area contributed by atoms with Gasteiger partial charge in [-0.2, -0.15) is 4.40 Å². The molecule has 2 aromatic heterocycles. The Balaban J connectivity index is 1.92. The highest BCUT2D eigenvalue weighted by molar-refractivity contribution is 6.03. The van der Waals surface area contributed by atoms with E-state index in [9.17, 15) is 0 Å². The van der Waals surface area contributed by atoms with Gasteiger partial charge in [-0.1, -0.05) is 6.07 Å². The molecule has 2 aromatic carbocycles. The van der Waals surface area contributed by atoms with Gasteiger partial charge in [-0.3, -0.25) is 0 Å². The first-order valence-corrected chi connectivity index (χ1v) is 8.00. The molecular weight excluding hydrogens is 318 g/mol. The second kappa shape index (κ2) is 5.14. The average Bonchev–Trinajstić information content (AvgIpc) is 2.66. The van der Waals surface area contributed by atoms with Crippen molar-refractivity contribution < 1.29 is 23.3 Å². The van der Waals surface area contributed by atoms with E-state index in [2.05, 4.69) is 22.7 Å². The Morgan fingerprint density at radius 3 is 2.44 bits per heavy atom. The summed E-state index contributed by atoms with van der Waals surface area (Å²) in [6.07, 6.45) is 4.08. The number of benzene rings is 2. The number of methoxy groups -OCH3 is 2. The summed E-state index contributed by atoms with van der Waals surface area (Å²) >= 11 is 0. The summed E-state index contributed by atoms with van der Waals surface area (Å²) in [5, 5.41) is 4.24. The molecule has 25 heavy (non-hydrogen) atoms. The number of pyridine rings is 2. The Morgan fingerprint density at radius 1 is 0.880 bits per heavy atom. The zero-order valence-electron chi connectivity index (χ0n) is 13.9. The van der Waals surface area contributed by atoms with E-state index in [1.165, 1.54) is 0 Å². The van der Waals surface area contributed by atoms with Crippen LogP contribution in [0, 0.1) is 0 Å². The third-order valence-electron chi connectivity index (χ3n) is 4.67. The summed E-state index contributed by atoms with van der Waals surface area (Å²) in [6.45, 7) is 0.233. The molecule has 0 aliphatic carbocycles. The maximum absolute atomic E-state index is 5.71. The average molecular weight is 334 g/mol. The first kappa shape index (κ1) is 14.2. The highest BCUT2D eigenvalue weighted by Crippen LogP contribution is 2.38. The largest absolute Gasteiger partial charge is 0.493 e. The van der Waals surface area contributed by atoms with E-state index in [0.29, 0.717) is 11.5 Å². The molecule has 0 atom stereocenters. The Labute approximate surface area is 143 Å². The number of rotatable bonds is 2. The van der Waals surface area contributed by atoms with Gasteiger partial charge in [-0.25, -0.2) is 0 Å². The van der Waals surface area contributed by atoms with Crippen LogP contribution in [0.5, 0.6) is 23.0 Å². The maximum atomic E-state index is 5.71. The van der Waals surface area contributed by atoms with E-state index >= 15 is 0 Å². The maximum Gasteiger partial charge on any atom is 0.231 e. The number of aromatic nitrogens is 1. The minimum atomic E-state index is 0.233. The Bertz CT molecular complexity index is 1150. The van der Waals surface area contributed by atoms with Gasteiger partial charge in [0, 0.05) is 6.07 Å². The van der Waals surface area contributed by atoms with Crippen molar-refractivity contribution >= 4 is 27.1 Å². The molecule has 0 N–H and O–H groups in total. The lowest BCUT2D eigenvalue weighted by molar-refractivity contribution is -0.509. The summed E-state index contributed by atoms with van der Waals surface area (Å²) in [5.74, 6) is 3.11. The Morgan fingerprint density at radius 2 is 1.64 bits per heavy atom. The second-order valence-electron chi connectivity index (χ2n) is 5.98. The normalized spacial score (nSPS) is 12.9. The minimum absolute atomic E-state index is 0.233.